The van der Waals surface area contributed by atoms with Crippen molar-refractivity contribution in [3.05, 3.63) is 53.3 Å². The molecular formula is C21H31ClN4O2. The first kappa shape index (κ1) is 22.4. The maximum atomic E-state index is 13.0. The molecule has 2 aromatic rings. The summed E-state index contributed by atoms with van der Waals surface area (Å²) >= 11 is 0. The predicted molar refractivity (Wildman–Crippen MR) is 113 cm³/mol. The number of hydrogen-bond acceptors (Lipinski definition) is 4. The summed E-state index contributed by atoms with van der Waals surface area (Å²) in [4.78, 5) is 15.0. The lowest BCUT2D eigenvalue weighted by molar-refractivity contribution is 0.00841. The van der Waals surface area contributed by atoms with Crippen molar-refractivity contribution in [2.24, 2.45) is 5.73 Å². The third-order valence-corrected chi connectivity index (χ3v) is 5.12. The lowest BCUT2D eigenvalue weighted by Crippen LogP contribution is -2.41. The number of likely N-dealkylation sites (tertiary alicyclic amines) is 1. The second-order valence-corrected chi connectivity index (χ2v) is 7.01. The molecule has 1 fully saturated rings. The van der Waals surface area contributed by atoms with E-state index in [1.165, 1.54) is 5.56 Å². The highest BCUT2D eigenvalue weighted by Gasteiger charge is 2.26. The maximum absolute atomic E-state index is 13.0. The third-order valence-electron chi connectivity index (χ3n) is 5.12. The molecule has 0 bridgehead atoms. The Morgan fingerprint density at radius 1 is 1.25 bits per heavy atom. The molecule has 28 heavy (non-hydrogen) atoms. The molecule has 0 saturated carbocycles. The van der Waals surface area contributed by atoms with E-state index in [1.54, 1.807) is 6.20 Å². The molecule has 154 valence electrons. The van der Waals surface area contributed by atoms with Crippen LogP contribution in [0.2, 0.25) is 0 Å². The van der Waals surface area contributed by atoms with Crippen LogP contribution in [0.25, 0.3) is 0 Å². The third kappa shape index (κ3) is 5.56. The van der Waals surface area contributed by atoms with Gasteiger partial charge < -0.3 is 15.4 Å². The number of aromatic nitrogens is 2. The summed E-state index contributed by atoms with van der Waals surface area (Å²) in [5, 5.41) is 4.50. The van der Waals surface area contributed by atoms with Gasteiger partial charge in [0.15, 0.2) is 0 Å². The molecule has 2 N–H and O–H groups in total. The molecule has 6 nitrogen and oxygen atoms in total. The average Bonchev–Trinajstić information content (AvgIpc) is 3.11. The first-order valence-corrected chi connectivity index (χ1v) is 9.92. The van der Waals surface area contributed by atoms with Gasteiger partial charge in [-0.05, 0) is 37.8 Å². The Morgan fingerprint density at radius 3 is 2.61 bits per heavy atom. The number of piperidine rings is 1. The quantitative estimate of drug-likeness (QED) is 0.684. The van der Waals surface area contributed by atoms with Gasteiger partial charge in [0.1, 0.15) is 0 Å². The lowest BCUT2D eigenvalue weighted by atomic mass is 10.1. The molecule has 0 atom stereocenters. The summed E-state index contributed by atoms with van der Waals surface area (Å²) in [7, 11) is 0. The number of rotatable bonds is 8. The first-order chi connectivity index (χ1) is 13.2. The van der Waals surface area contributed by atoms with Gasteiger partial charge in [0.2, 0.25) is 0 Å². The number of halogens is 1. The molecule has 0 aliphatic carbocycles. The zero-order valence-corrected chi connectivity index (χ0v) is 17.4. The van der Waals surface area contributed by atoms with Crippen LogP contribution in [0.3, 0.4) is 0 Å². The molecule has 3 rings (SSSR count). The normalized spacial score (nSPS) is 14.7. The van der Waals surface area contributed by atoms with E-state index in [-0.39, 0.29) is 24.4 Å². The number of benzene rings is 1. The van der Waals surface area contributed by atoms with Crippen molar-refractivity contribution in [2.75, 3.05) is 26.2 Å². The average molecular weight is 407 g/mol. The van der Waals surface area contributed by atoms with Crippen LogP contribution in [0.15, 0.2) is 36.5 Å². The Labute approximate surface area is 173 Å². The van der Waals surface area contributed by atoms with Crippen LogP contribution in [0.1, 0.15) is 47.8 Å². The molecule has 1 aromatic carbocycles. The Hall–Kier alpha value is -1.89. The largest absolute Gasteiger partial charge is 0.378 e. The molecule has 1 aromatic heterocycles. The van der Waals surface area contributed by atoms with Crippen molar-refractivity contribution in [2.45, 2.75) is 45.3 Å². The zero-order valence-electron chi connectivity index (χ0n) is 16.5. The van der Waals surface area contributed by atoms with E-state index in [0.29, 0.717) is 19.7 Å². The van der Waals surface area contributed by atoms with Crippen LogP contribution in [0.4, 0.5) is 0 Å². The number of nitrogens with two attached hydrogens (primary N) is 1. The van der Waals surface area contributed by atoms with Crippen molar-refractivity contribution in [1.82, 2.24) is 14.7 Å². The van der Waals surface area contributed by atoms with E-state index in [4.69, 9.17) is 10.5 Å². The van der Waals surface area contributed by atoms with E-state index >= 15 is 0 Å². The fourth-order valence-corrected chi connectivity index (χ4v) is 3.58. The highest BCUT2D eigenvalue weighted by molar-refractivity contribution is 5.95. The van der Waals surface area contributed by atoms with E-state index in [2.05, 4.69) is 24.2 Å². The highest BCUT2D eigenvalue weighted by Crippen LogP contribution is 2.19. The highest BCUT2D eigenvalue weighted by atomic mass is 35.5. The summed E-state index contributed by atoms with van der Waals surface area (Å²) < 4.78 is 7.79. The van der Waals surface area contributed by atoms with Crippen LogP contribution in [-0.4, -0.2) is 52.9 Å². The van der Waals surface area contributed by atoms with Crippen molar-refractivity contribution in [3.8, 4) is 0 Å². The van der Waals surface area contributed by atoms with Gasteiger partial charge in [-0.2, -0.15) is 5.10 Å². The molecule has 1 saturated heterocycles. The zero-order chi connectivity index (χ0) is 19.1. The number of ether oxygens (including phenoxy) is 1. The summed E-state index contributed by atoms with van der Waals surface area (Å²) in [6, 6.07) is 10.2. The minimum Gasteiger partial charge on any atom is -0.378 e. The van der Waals surface area contributed by atoms with Crippen LogP contribution >= 0.6 is 12.4 Å². The molecule has 0 spiro atoms. The van der Waals surface area contributed by atoms with Crippen molar-refractivity contribution < 1.29 is 9.53 Å². The van der Waals surface area contributed by atoms with Gasteiger partial charge in [-0.25, -0.2) is 0 Å². The van der Waals surface area contributed by atoms with Gasteiger partial charge in [-0.15, -0.1) is 12.4 Å². The molecule has 0 radical (unpaired) electrons. The minimum absolute atomic E-state index is 0. The van der Waals surface area contributed by atoms with Crippen LogP contribution in [-0.2, 0) is 17.7 Å². The van der Waals surface area contributed by atoms with Crippen LogP contribution < -0.4 is 5.73 Å². The van der Waals surface area contributed by atoms with Crippen LogP contribution in [0.5, 0.6) is 0 Å². The van der Waals surface area contributed by atoms with Crippen molar-refractivity contribution in [3.63, 3.8) is 0 Å². The maximum Gasteiger partial charge on any atom is 0.257 e. The number of carbonyl (C=O) groups excluding carboxylic acids is 1. The van der Waals surface area contributed by atoms with E-state index < -0.39 is 0 Å². The fourth-order valence-electron chi connectivity index (χ4n) is 3.58. The van der Waals surface area contributed by atoms with Gasteiger partial charge in [0, 0.05) is 19.7 Å². The number of hydrogen-bond donors (Lipinski definition) is 1. The fraction of sp³-hybridized carbons (Fsp3) is 0.524. The van der Waals surface area contributed by atoms with E-state index in [0.717, 1.165) is 50.0 Å². The molecule has 1 aliphatic heterocycles. The smallest absolute Gasteiger partial charge is 0.257 e. The molecule has 1 amide bonds. The topological polar surface area (TPSA) is 73.4 Å². The van der Waals surface area contributed by atoms with Gasteiger partial charge in [0.05, 0.1) is 30.1 Å². The van der Waals surface area contributed by atoms with Gasteiger partial charge in [-0.3, -0.25) is 9.48 Å². The molecule has 1 aliphatic rings. The van der Waals surface area contributed by atoms with E-state index in [9.17, 15) is 4.79 Å². The molecule has 0 unspecified atom stereocenters. The number of carbonyl (C=O) groups is 1. The van der Waals surface area contributed by atoms with Gasteiger partial charge >= 0.3 is 0 Å². The van der Waals surface area contributed by atoms with Crippen LogP contribution in [0, 0.1) is 0 Å². The van der Waals surface area contributed by atoms with E-state index in [1.807, 2.05) is 27.8 Å². The SMILES string of the molecule is CCc1c(C(=O)N2CCC(OCCCN)CC2)cnn1Cc1ccccc1.Cl. The second-order valence-electron chi connectivity index (χ2n) is 7.01. The summed E-state index contributed by atoms with van der Waals surface area (Å²) in [6.45, 7) is 5.60. The summed E-state index contributed by atoms with van der Waals surface area (Å²) in [5.74, 6) is 0.0894. The second kappa shape index (κ2) is 11.2. The van der Waals surface area contributed by atoms with Crippen molar-refractivity contribution in [1.29, 1.82) is 0 Å². The molecule has 7 heteroatoms. The number of nitrogens with zero attached hydrogens (tertiary/aromatic N) is 3. The van der Waals surface area contributed by atoms with Crippen molar-refractivity contribution >= 4 is 18.3 Å². The Kier molecular flexibility index (Phi) is 8.96. The Morgan fingerprint density at radius 2 is 1.96 bits per heavy atom. The number of amides is 1. The standard InChI is InChI=1S/C21H30N4O2.ClH/c1-2-20-19(15-23-25(20)16-17-7-4-3-5-8-17)21(26)24-12-9-18(10-13-24)27-14-6-11-22;/h3-5,7-8,15,18H,2,6,9-14,16,22H2,1H3;1H. The van der Waals surface area contributed by atoms with Gasteiger partial charge in [0.25, 0.3) is 5.91 Å². The minimum atomic E-state index is 0. The first-order valence-electron chi connectivity index (χ1n) is 9.92. The lowest BCUT2D eigenvalue weighted by Gasteiger charge is -2.32. The molecule has 2 heterocycles. The predicted octanol–water partition coefficient (Wildman–Crippen LogP) is 2.89. The summed E-state index contributed by atoms with van der Waals surface area (Å²) in [5.41, 5.74) is 8.43. The Balaban J connectivity index is 0.00000280. The molecular weight excluding hydrogens is 376 g/mol. The Bertz CT molecular complexity index is 727. The monoisotopic (exact) mass is 406 g/mol. The summed E-state index contributed by atoms with van der Waals surface area (Å²) in [6.07, 6.45) is 5.42. The van der Waals surface area contributed by atoms with Gasteiger partial charge in [-0.1, -0.05) is 37.3 Å².